The Morgan fingerprint density at radius 1 is 1.47 bits per heavy atom. The first-order valence-electron chi connectivity index (χ1n) is 4.98. The van der Waals surface area contributed by atoms with Crippen LogP contribution in [0.1, 0.15) is 17.3 Å². The van der Waals surface area contributed by atoms with Gasteiger partial charge in [0.2, 0.25) is 0 Å². The van der Waals surface area contributed by atoms with Crippen molar-refractivity contribution in [3.8, 4) is 0 Å². The van der Waals surface area contributed by atoms with Gasteiger partial charge < -0.3 is 11.1 Å². The molecule has 1 rings (SSSR count). The normalized spacial score (nSPS) is 11.5. The number of rotatable bonds is 4. The van der Waals surface area contributed by atoms with Crippen molar-refractivity contribution < 1.29 is 4.79 Å². The summed E-state index contributed by atoms with van der Waals surface area (Å²) in [5.41, 5.74) is 5.84. The van der Waals surface area contributed by atoms with Crippen LogP contribution in [-0.4, -0.2) is 19.0 Å². The molecule has 0 saturated heterocycles. The Labute approximate surface area is 117 Å². The van der Waals surface area contributed by atoms with Crippen LogP contribution in [0.4, 0.5) is 0 Å². The van der Waals surface area contributed by atoms with Gasteiger partial charge in [-0.1, -0.05) is 36.2 Å². The van der Waals surface area contributed by atoms with Crippen LogP contribution in [0, 0.1) is 5.92 Å². The standard InChI is InChI=1S/C11H14Cl2N2O.ClH/c1-7(5-14)6-15-11(16)8-3-2-4-9(12)10(8)13;/h2-4,7H,5-6,14H2,1H3,(H,15,16);1H. The number of nitrogens with one attached hydrogen (secondary N) is 1. The molecule has 1 unspecified atom stereocenters. The third-order valence-electron chi connectivity index (χ3n) is 2.21. The number of carbonyl (C=O) groups is 1. The molecule has 0 spiro atoms. The molecule has 0 fully saturated rings. The zero-order chi connectivity index (χ0) is 12.1. The van der Waals surface area contributed by atoms with Gasteiger partial charge in [0.05, 0.1) is 15.6 Å². The number of hydrogen-bond acceptors (Lipinski definition) is 2. The second-order valence-electron chi connectivity index (χ2n) is 3.65. The molecule has 1 amide bonds. The minimum atomic E-state index is -0.229. The molecule has 0 aliphatic carbocycles. The first-order chi connectivity index (χ1) is 7.56. The predicted octanol–water partition coefficient (Wildman–Crippen LogP) is 2.74. The summed E-state index contributed by atoms with van der Waals surface area (Å²) >= 11 is 11.7. The molecular formula is C11H15Cl3N2O. The molecule has 17 heavy (non-hydrogen) atoms. The number of amides is 1. The van der Waals surface area contributed by atoms with Crippen molar-refractivity contribution in [1.29, 1.82) is 0 Å². The highest BCUT2D eigenvalue weighted by Crippen LogP contribution is 2.25. The largest absolute Gasteiger partial charge is 0.352 e. The second kappa shape index (κ2) is 7.77. The van der Waals surface area contributed by atoms with Crippen molar-refractivity contribution in [2.24, 2.45) is 11.7 Å². The summed E-state index contributed by atoms with van der Waals surface area (Å²) in [6.07, 6.45) is 0. The van der Waals surface area contributed by atoms with Crippen molar-refractivity contribution in [3.63, 3.8) is 0 Å². The van der Waals surface area contributed by atoms with Crippen molar-refractivity contribution in [1.82, 2.24) is 5.32 Å². The summed E-state index contributed by atoms with van der Waals surface area (Å²) < 4.78 is 0. The van der Waals surface area contributed by atoms with E-state index in [1.165, 1.54) is 0 Å². The predicted molar refractivity (Wildman–Crippen MR) is 74.3 cm³/mol. The van der Waals surface area contributed by atoms with Crippen molar-refractivity contribution in [2.45, 2.75) is 6.92 Å². The minimum absolute atomic E-state index is 0. The quantitative estimate of drug-likeness (QED) is 0.898. The molecular weight excluding hydrogens is 282 g/mol. The molecule has 0 aromatic heterocycles. The lowest BCUT2D eigenvalue weighted by molar-refractivity contribution is 0.0948. The molecule has 3 N–H and O–H groups in total. The molecule has 6 heteroatoms. The summed E-state index contributed by atoms with van der Waals surface area (Å²) in [7, 11) is 0. The van der Waals surface area contributed by atoms with Crippen LogP contribution in [0.5, 0.6) is 0 Å². The Bertz CT molecular complexity index is 385. The van der Waals surface area contributed by atoms with Gasteiger partial charge in [0.1, 0.15) is 0 Å². The molecule has 0 bridgehead atoms. The highest BCUT2D eigenvalue weighted by Gasteiger charge is 2.12. The topological polar surface area (TPSA) is 55.1 Å². The van der Waals surface area contributed by atoms with Crippen molar-refractivity contribution in [3.05, 3.63) is 33.8 Å². The smallest absolute Gasteiger partial charge is 0.252 e. The second-order valence-corrected chi connectivity index (χ2v) is 4.44. The number of carbonyl (C=O) groups excluding carboxylic acids is 1. The average molecular weight is 298 g/mol. The van der Waals surface area contributed by atoms with E-state index in [-0.39, 0.29) is 29.3 Å². The summed E-state index contributed by atoms with van der Waals surface area (Å²) in [6, 6.07) is 4.97. The first kappa shape index (κ1) is 16.5. The van der Waals surface area contributed by atoms with E-state index in [1.54, 1.807) is 18.2 Å². The molecule has 0 saturated carbocycles. The maximum atomic E-state index is 11.7. The monoisotopic (exact) mass is 296 g/mol. The molecule has 96 valence electrons. The van der Waals surface area contributed by atoms with E-state index in [4.69, 9.17) is 28.9 Å². The minimum Gasteiger partial charge on any atom is -0.352 e. The third kappa shape index (κ3) is 4.72. The Morgan fingerprint density at radius 2 is 2.12 bits per heavy atom. The lowest BCUT2D eigenvalue weighted by Crippen LogP contribution is -2.31. The van der Waals surface area contributed by atoms with Gasteiger partial charge in [0.25, 0.3) is 5.91 Å². The summed E-state index contributed by atoms with van der Waals surface area (Å²) in [5, 5.41) is 3.41. The van der Waals surface area contributed by atoms with Crippen molar-refractivity contribution in [2.75, 3.05) is 13.1 Å². The summed E-state index contributed by atoms with van der Waals surface area (Å²) in [6.45, 7) is 3.02. The van der Waals surface area contributed by atoms with E-state index in [1.807, 2.05) is 6.92 Å². The zero-order valence-electron chi connectivity index (χ0n) is 9.37. The van der Waals surface area contributed by atoms with Crippen LogP contribution in [0.15, 0.2) is 18.2 Å². The Balaban J connectivity index is 0.00000256. The third-order valence-corrected chi connectivity index (χ3v) is 3.03. The molecule has 0 radical (unpaired) electrons. The van der Waals surface area contributed by atoms with Gasteiger partial charge in [-0.2, -0.15) is 0 Å². The lowest BCUT2D eigenvalue weighted by Gasteiger charge is -2.11. The van der Waals surface area contributed by atoms with Gasteiger partial charge in [0, 0.05) is 6.54 Å². The van der Waals surface area contributed by atoms with Gasteiger partial charge in [-0.05, 0) is 24.6 Å². The maximum Gasteiger partial charge on any atom is 0.252 e. The Morgan fingerprint density at radius 3 is 2.71 bits per heavy atom. The van der Waals surface area contributed by atoms with E-state index >= 15 is 0 Å². The van der Waals surface area contributed by atoms with Gasteiger partial charge >= 0.3 is 0 Å². The van der Waals surface area contributed by atoms with Crippen LogP contribution in [-0.2, 0) is 0 Å². The van der Waals surface area contributed by atoms with Gasteiger partial charge in [0.15, 0.2) is 0 Å². The van der Waals surface area contributed by atoms with E-state index in [0.29, 0.717) is 23.7 Å². The lowest BCUT2D eigenvalue weighted by atomic mass is 10.1. The molecule has 0 heterocycles. The fourth-order valence-corrected chi connectivity index (χ4v) is 1.51. The van der Waals surface area contributed by atoms with Gasteiger partial charge in [-0.3, -0.25) is 4.79 Å². The van der Waals surface area contributed by atoms with Gasteiger partial charge in [-0.25, -0.2) is 0 Å². The van der Waals surface area contributed by atoms with Crippen molar-refractivity contribution >= 4 is 41.5 Å². The van der Waals surface area contributed by atoms with Crippen LogP contribution in [0.2, 0.25) is 10.0 Å². The fraction of sp³-hybridized carbons (Fsp3) is 0.364. The molecule has 3 nitrogen and oxygen atoms in total. The Kier molecular flexibility index (Phi) is 7.55. The molecule has 0 aliphatic heterocycles. The van der Waals surface area contributed by atoms with E-state index in [0.717, 1.165) is 0 Å². The highest BCUT2D eigenvalue weighted by atomic mass is 35.5. The van der Waals surface area contributed by atoms with E-state index in [9.17, 15) is 4.79 Å². The van der Waals surface area contributed by atoms with Gasteiger partial charge in [-0.15, -0.1) is 12.4 Å². The number of benzene rings is 1. The van der Waals surface area contributed by atoms with Crippen LogP contribution in [0.3, 0.4) is 0 Å². The molecule has 1 aromatic carbocycles. The first-order valence-corrected chi connectivity index (χ1v) is 5.74. The van der Waals surface area contributed by atoms with Crippen LogP contribution in [0.25, 0.3) is 0 Å². The van der Waals surface area contributed by atoms with Crippen LogP contribution >= 0.6 is 35.6 Å². The Hall–Kier alpha value is -0.480. The number of halogens is 3. The fourth-order valence-electron chi connectivity index (χ4n) is 1.12. The zero-order valence-corrected chi connectivity index (χ0v) is 11.7. The SMILES string of the molecule is CC(CN)CNC(=O)c1cccc(Cl)c1Cl.Cl. The molecule has 1 atom stereocenters. The maximum absolute atomic E-state index is 11.7. The summed E-state index contributed by atoms with van der Waals surface area (Å²) in [4.78, 5) is 11.7. The molecule has 0 aliphatic rings. The summed E-state index contributed by atoms with van der Waals surface area (Å²) in [5.74, 6) is 0.00899. The van der Waals surface area contributed by atoms with Crippen LogP contribution < -0.4 is 11.1 Å². The highest BCUT2D eigenvalue weighted by molar-refractivity contribution is 6.43. The molecule has 1 aromatic rings. The number of hydrogen-bond donors (Lipinski definition) is 2. The van der Waals surface area contributed by atoms with E-state index in [2.05, 4.69) is 5.32 Å². The average Bonchev–Trinajstić information content (AvgIpc) is 2.29. The van der Waals surface area contributed by atoms with E-state index < -0.39 is 0 Å². The number of nitrogens with two attached hydrogens (primary N) is 1.